The first-order chi connectivity index (χ1) is 17.9. The van der Waals surface area contributed by atoms with Gasteiger partial charge in [-0.2, -0.15) is 0 Å². The Labute approximate surface area is 229 Å². The van der Waals surface area contributed by atoms with E-state index in [0.717, 1.165) is 22.4 Å². The van der Waals surface area contributed by atoms with Gasteiger partial charge in [0.1, 0.15) is 11.8 Å². The molecule has 7 heteroatoms. The minimum absolute atomic E-state index is 0.0749. The van der Waals surface area contributed by atoms with Crippen molar-refractivity contribution in [3.05, 3.63) is 101 Å². The van der Waals surface area contributed by atoms with E-state index in [1.807, 2.05) is 78.9 Å². The summed E-state index contributed by atoms with van der Waals surface area (Å²) in [5, 5.41) is 3.68. The zero-order valence-electron chi connectivity index (χ0n) is 21.7. The molecule has 0 aliphatic heterocycles. The van der Waals surface area contributed by atoms with Gasteiger partial charge in [0.25, 0.3) is 0 Å². The molecule has 0 aliphatic carbocycles. The Kier molecular flexibility index (Phi) is 11.4. The topological polar surface area (TPSA) is 58.6 Å². The van der Waals surface area contributed by atoms with Crippen LogP contribution >= 0.6 is 23.4 Å². The largest absolute Gasteiger partial charge is 0.497 e. The third-order valence-electron chi connectivity index (χ3n) is 5.88. The Balaban J connectivity index is 1.81. The van der Waals surface area contributed by atoms with Crippen LogP contribution in [0, 0.1) is 5.92 Å². The van der Waals surface area contributed by atoms with Gasteiger partial charge in [-0.3, -0.25) is 9.59 Å². The molecule has 196 valence electrons. The standard InChI is InChI=1S/C30H35ClN2O3S/c1-22(2)18-32-30(35)28(17-23-7-5-4-6-8-23)33(19-24-9-13-26(31)14-10-24)29(34)21-37-20-25-11-15-27(36-3)16-12-25/h4-16,22,28H,17-21H2,1-3H3,(H,32,35)/t28-/m0/s1. The maximum absolute atomic E-state index is 13.7. The minimum atomic E-state index is -0.633. The second-order valence-electron chi connectivity index (χ2n) is 9.33. The van der Waals surface area contributed by atoms with E-state index in [1.165, 1.54) is 11.8 Å². The lowest BCUT2D eigenvalue weighted by molar-refractivity contribution is -0.139. The SMILES string of the molecule is COc1ccc(CSCC(=O)N(Cc2ccc(Cl)cc2)[C@@H](Cc2ccccc2)C(=O)NCC(C)C)cc1. The van der Waals surface area contributed by atoms with Crippen molar-refractivity contribution in [2.24, 2.45) is 5.92 Å². The maximum atomic E-state index is 13.7. The number of halogens is 1. The normalized spacial score (nSPS) is 11.7. The molecule has 2 amide bonds. The summed E-state index contributed by atoms with van der Waals surface area (Å²) in [6.45, 7) is 4.99. The molecule has 0 aliphatic rings. The van der Waals surface area contributed by atoms with Crippen molar-refractivity contribution in [2.75, 3.05) is 19.4 Å². The van der Waals surface area contributed by atoms with Gasteiger partial charge in [-0.05, 0) is 46.9 Å². The highest BCUT2D eigenvalue weighted by Crippen LogP contribution is 2.20. The van der Waals surface area contributed by atoms with Crippen molar-refractivity contribution in [3.8, 4) is 5.75 Å². The van der Waals surface area contributed by atoms with Gasteiger partial charge in [0.2, 0.25) is 11.8 Å². The van der Waals surface area contributed by atoms with E-state index in [-0.39, 0.29) is 17.6 Å². The van der Waals surface area contributed by atoms with Gasteiger partial charge in [0.05, 0.1) is 12.9 Å². The lowest BCUT2D eigenvalue weighted by Crippen LogP contribution is -2.51. The van der Waals surface area contributed by atoms with Crippen LogP contribution in [0.1, 0.15) is 30.5 Å². The summed E-state index contributed by atoms with van der Waals surface area (Å²) in [6, 6.07) is 24.5. The summed E-state index contributed by atoms with van der Waals surface area (Å²) in [5.74, 6) is 1.85. The van der Waals surface area contributed by atoms with Gasteiger partial charge in [-0.25, -0.2) is 0 Å². The average Bonchev–Trinajstić information content (AvgIpc) is 2.91. The molecule has 0 fully saturated rings. The van der Waals surface area contributed by atoms with Crippen LogP contribution in [0.3, 0.4) is 0 Å². The van der Waals surface area contributed by atoms with Gasteiger partial charge >= 0.3 is 0 Å². The molecular formula is C30H35ClN2O3S. The molecule has 3 aromatic rings. The van der Waals surface area contributed by atoms with Crippen LogP contribution in [0.4, 0.5) is 0 Å². The molecular weight excluding hydrogens is 504 g/mol. The van der Waals surface area contributed by atoms with E-state index in [9.17, 15) is 9.59 Å². The quantitative estimate of drug-likeness (QED) is 0.290. The van der Waals surface area contributed by atoms with E-state index >= 15 is 0 Å². The average molecular weight is 539 g/mol. The number of rotatable bonds is 13. The Morgan fingerprint density at radius 2 is 1.57 bits per heavy atom. The molecule has 37 heavy (non-hydrogen) atoms. The zero-order chi connectivity index (χ0) is 26.6. The highest BCUT2D eigenvalue weighted by Gasteiger charge is 2.30. The molecule has 0 bridgehead atoms. The zero-order valence-corrected chi connectivity index (χ0v) is 23.2. The molecule has 0 unspecified atom stereocenters. The van der Waals surface area contributed by atoms with Crippen LogP contribution in [-0.4, -0.2) is 42.2 Å². The Bertz CT molecular complexity index is 1120. The van der Waals surface area contributed by atoms with Crippen LogP contribution in [0.25, 0.3) is 0 Å². The van der Waals surface area contributed by atoms with E-state index in [1.54, 1.807) is 12.0 Å². The number of amides is 2. The highest BCUT2D eigenvalue weighted by molar-refractivity contribution is 7.99. The van der Waals surface area contributed by atoms with Gasteiger partial charge in [-0.1, -0.05) is 80.0 Å². The summed E-state index contributed by atoms with van der Waals surface area (Å²) in [6.07, 6.45) is 0.438. The van der Waals surface area contributed by atoms with E-state index in [0.29, 0.717) is 36.2 Å². The van der Waals surface area contributed by atoms with Crippen LogP contribution in [-0.2, 0) is 28.3 Å². The maximum Gasteiger partial charge on any atom is 0.243 e. The number of nitrogens with one attached hydrogen (secondary N) is 1. The van der Waals surface area contributed by atoms with Crippen molar-refractivity contribution in [1.29, 1.82) is 0 Å². The number of benzene rings is 3. The van der Waals surface area contributed by atoms with Crippen LogP contribution in [0.5, 0.6) is 5.75 Å². The summed E-state index contributed by atoms with van der Waals surface area (Å²) >= 11 is 7.63. The molecule has 0 heterocycles. The monoisotopic (exact) mass is 538 g/mol. The minimum Gasteiger partial charge on any atom is -0.497 e. The third kappa shape index (κ3) is 9.45. The molecule has 5 nitrogen and oxygen atoms in total. The molecule has 3 aromatic carbocycles. The highest BCUT2D eigenvalue weighted by atomic mass is 35.5. The van der Waals surface area contributed by atoms with Gasteiger partial charge in [0, 0.05) is 30.3 Å². The van der Waals surface area contributed by atoms with Crippen molar-refractivity contribution in [1.82, 2.24) is 10.2 Å². The van der Waals surface area contributed by atoms with Crippen molar-refractivity contribution < 1.29 is 14.3 Å². The molecule has 0 spiro atoms. The Hall–Kier alpha value is -2.96. The van der Waals surface area contributed by atoms with E-state index in [4.69, 9.17) is 16.3 Å². The molecule has 1 N–H and O–H groups in total. The number of hydrogen-bond acceptors (Lipinski definition) is 4. The lowest BCUT2D eigenvalue weighted by atomic mass is 10.0. The second kappa shape index (κ2) is 14.7. The second-order valence-corrected chi connectivity index (χ2v) is 10.8. The number of methoxy groups -OCH3 is 1. The lowest BCUT2D eigenvalue weighted by Gasteiger charge is -2.32. The first-order valence-electron chi connectivity index (χ1n) is 12.4. The van der Waals surface area contributed by atoms with Crippen LogP contribution < -0.4 is 10.1 Å². The fourth-order valence-electron chi connectivity index (χ4n) is 3.82. The first-order valence-corrected chi connectivity index (χ1v) is 13.9. The van der Waals surface area contributed by atoms with Gasteiger partial charge < -0.3 is 15.0 Å². The number of ether oxygens (including phenoxy) is 1. The fraction of sp³-hybridized carbons (Fsp3) is 0.333. The molecule has 0 saturated heterocycles. The van der Waals surface area contributed by atoms with E-state index < -0.39 is 6.04 Å². The number of thioether (sulfide) groups is 1. The predicted molar refractivity (Wildman–Crippen MR) is 153 cm³/mol. The van der Waals surface area contributed by atoms with Crippen molar-refractivity contribution in [3.63, 3.8) is 0 Å². The summed E-state index contributed by atoms with van der Waals surface area (Å²) in [4.78, 5) is 28.8. The van der Waals surface area contributed by atoms with Crippen molar-refractivity contribution in [2.45, 2.75) is 38.6 Å². The molecule has 0 saturated carbocycles. The number of carbonyl (C=O) groups is 2. The van der Waals surface area contributed by atoms with Crippen molar-refractivity contribution >= 4 is 35.2 Å². The fourth-order valence-corrected chi connectivity index (χ4v) is 4.82. The summed E-state index contributed by atoms with van der Waals surface area (Å²) in [7, 11) is 1.64. The molecule has 3 rings (SSSR count). The summed E-state index contributed by atoms with van der Waals surface area (Å²) < 4.78 is 5.23. The predicted octanol–water partition coefficient (Wildman–Crippen LogP) is 5.99. The molecule has 1 atom stereocenters. The van der Waals surface area contributed by atoms with Crippen LogP contribution in [0.2, 0.25) is 5.02 Å². The van der Waals surface area contributed by atoms with Crippen LogP contribution in [0.15, 0.2) is 78.9 Å². The number of carbonyl (C=O) groups excluding carboxylic acids is 2. The van der Waals surface area contributed by atoms with Gasteiger partial charge in [0.15, 0.2) is 0 Å². The number of hydrogen-bond donors (Lipinski definition) is 1. The van der Waals surface area contributed by atoms with E-state index in [2.05, 4.69) is 19.2 Å². The summed E-state index contributed by atoms with van der Waals surface area (Å²) in [5.41, 5.74) is 3.04. The molecule has 0 aromatic heterocycles. The third-order valence-corrected chi connectivity index (χ3v) is 7.12. The number of nitrogens with zero attached hydrogens (tertiary/aromatic N) is 1. The Morgan fingerprint density at radius 3 is 2.19 bits per heavy atom. The van der Waals surface area contributed by atoms with Gasteiger partial charge in [-0.15, -0.1) is 11.8 Å². The Morgan fingerprint density at radius 1 is 0.919 bits per heavy atom. The molecule has 0 radical (unpaired) electrons. The first kappa shape index (κ1) is 28.6. The smallest absolute Gasteiger partial charge is 0.243 e.